The Morgan fingerprint density at radius 1 is 1.21 bits per heavy atom. The van der Waals surface area contributed by atoms with Crippen LogP contribution < -0.4 is 4.74 Å². The molecule has 144 valence electrons. The SMILES string of the molecule is COc1ccc(CC(=O)N2CCC(c3noc(-c4cnccn4)n3)CC2)cc1. The maximum absolute atomic E-state index is 12.6. The number of ether oxygens (including phenoxy) is 1. The second-order valence-electron chi connectivity index (χ2n) is 6.73. The van der Waals surface area contributed by atoms with Crippen LogP contribution in [0.15, 0.2) is 47.4 Å². The van der Waals surface area contributed by atoms with Crippen molar-refractivity contribution >= 4 is 5.91 Å². The molecular weight excluding hydrogens is 358 g/mol. The number of carbonyl (C=O) groups is 1. The van der Waals surface area contributed by atoms with Gasteiger partial charge < -0.3 is 14.2 Å². The molecule has 3 aromatic rings. The topological polar surface area (TPSA) is 94.2 Å². The third-order valence-electron chi connectivity index (χ3n) is 4.95. The van der Waals surface area contributed by atoms with Crippen LogP contribution in [0.25, 0.3) is 11.6 Å². The fourth-order valence-corrected chi connectivity index (χ4v) is 3.33. The largest absolute Gasteiger partial charge is 0.497 e. The lowest BCUT2D eigenvalue weighted by molar-refractivity contribution is -0.131. The van der Waals surface area contributed by atoms with Gasteiger partial charge in [-0.3, -0.25) is 9.78 Å². The van der Waals surface area contributed by atoms with Crippen molar-refractivity contribution in [1.29, 1.82) is 0 Å². The molecule has 1 aliphatic heterocycles. The van der Waals surface area contributed by atoms with Gasteiger partial charge in [-0.15, -0.1) is 0 Å². The number of benzene rings is 1. The van der Waals surface area contributed by atoms with E-state index < -0.39 is 0 Å². The van der Waals surface area contributed by atoms with Gasteiger partial charge in [-0.2, -0.15) is 4.98 Å². The highest BCUT2D eigenvalue weighted by atomic mass is 16.5. The van der Waals surface area contributed by atoms with Crippen LogP contribution in [-0.4, -0.2) is 51.1 Å². The van der Waals surface area contributed by atoms with Crippen LogP contribution in [0.5, 0.6) is 5.75 Å². The summed E-state index contributed by atoms with van der Waals surface area (Å²) in [5.41, 5.74) is 1.55. The summed E-state index contributed by atoms with van der Waals surface area (Å²) in [6, 6.07) is 7.60. The zero-order valence-electron chi connectivity index (χ0n) is 15.6. The Kier molecular flexibility index (Phi) is 5.27. The molecule has 4 rings (SSSR count). The Bertz CT molecular complexity index is 919. The summed E-state index contributed by atoms with van der Waals surface area (Å²) in [6.07, 6.45) is 6.80. The highest BCUT2D eigenvalue weighted by molar-refractivity contribution is 5.78. The maximum Gasteiger partial charge on any atom is 0.278 e. The second-order valence-corrected chi connectivity index (χ2v) is 6.73. The van der Waals surface area contributed by atoms with E-state index in [-0.39, 0.29) is 11.8 Å². The Hall–Kier alpha value is -3.29. The number of likely N-dealkylation sites (tertiary alicyclic amines) is 1. The van der Waals surface area contributed by atoms with E-state index in [1.54, 1.807) is 25.7 Å². The number of amides is 1. The van der Waals surface area contributed by atoms with Crippen LogP contribution in [0.1, 0.15) is 30.1 Å². The first-order valence-electron chi connectivity index (χ1n) is 9.23. The molecule has 8 heteroatoms. The van der Waals surface area contributed by atoms with E-state index in [1.165, 1.54) is 0 Å². The van der Waals surface area contributed by atoms with Crippen molar-refractivity contribution in [3.63, 3.8) is 0 Å². The standard InChI is InChI=1S/C20H21N5O3/c1-27-16-4-2-14(3-5-16)12-18(26)25-10-6-15(7-11-25)19-23-20(28-24-19)17-13-21-8-9-22-17/h2-5,8-9,13,15H,6-7,10-12H2,1H3. The second kappa shape index (κ2) is 8.16. The van der Waals surface area contributed by atoms with Crippen LogP contribution in [0.2, 0.25) is 0 Å². The average Bonchev–Trinajstić information content (AvgIpc) is 3.25. The van der Waals surface area contributed by atoms with Gasteiger partial charge in [0.2, 0.25) is 5.91 Å². The highest BCUT2D eigenvalue weighted by Crippen LogP contribution is 2.27. The molecule has 28 heavy (non-hydrogen) atoms. The molecule has 1 aliphatic rings. The Balaban J connectivity index is 1.33. The van der Waals surface area contributed by atoms with E-state index in [2.05, 4.69) is 20.1 Å². The zero-order chi connectivity index (χ0) is 19.3. The van der Waals surface area contributed by atoms with Crippen molar-refractivity contribution in [3.05, 3.63) is 54.2 Å². The number of piperidine rings is 1. The summed E-state index contributed by atoms with van der Waals surface area (Å²) >= 11 is 0. The lowest BCUT2D eigenvalue weighted by atomic mass is 9.95. The minimum absolute atomic E-state index is 0.136. The monoisotopic (exact) mass is 379 g/mol. The molecule has 0 unspecified atom stereocenters. The molecule has 0 saturated carbocycles. The van der Waals surface area contributed by atoms with E-state index in [0.29, 0.717) is 36.9 Å². The third-order valence-corrected chi connectivity index (χ3v) is 4.95. The number of rotatable bonds is 5. The van der Waals surface area contributed by atoms with Crippen LogP contribution in [-0.2, 0) is 11.2 Å². The van der Waals surface area contributed by atoms with E-state index in [4.69, 9.17) is 9.26 Å². The molecule has 0 N–H and O–H groups in total. The fourth-order valence-electron chi connectivity index (χ4n) is 3.33. The number of hydrogen-bond donors (Lipinski definition) is 0. The van der Waals surface area contributed by atoms with Crippen LogP contribution in [0.3, 0.4) is 0 Å². The fraction of sp³-hybridized carbons (Fsp3) is 0.350. The van der Waals surface area contributed by atoms with Crippen molar-refractivity contribution in [2.24, 2.45) is 0 Å². The molecule has 0 spiro atoms. The molecular formula is C20H21N5O3. The summed E-state index contributed by atoms with van der Waals surface area (Å²) in [5, 5.41) is 4.10. The first-order valence-corrected chi connectivity index (χ1v) is 9.23. The molecule has 0 aliphatic carbocycles. The third kappa shape index (κ3) is 4.00. The molecule has 8 nitrogen and oxygen atoms in total. The summed E-state index contributed by atoms with van der Waals surface area (Å²) in [4.78, 5) is 27.1. The van der Waals surface area contributed by atoms with Gasteiger partial charge in [0.15, 0.2) is 5.82 Å². The summed E-state index contributed by atoms with van der Waals surface area (Å²) in [6.45, 7) is 1.38. The van der Waals surface area contributed by atoms with Gasteiger partial charge in [0.1, 0.15) is 11.4 Å². The van der Waals surface area contributed by atoms with E-state index in [0.717, 1.165) is 24.2 Å². The quantitative estimate of drug-likeness (QED) is 0.672. The number of carbonyl (C=O) groups excluding carboxylic acids is 1. The summed E-state index contributed by atoms with van der Waals surface area (Å²) in [5.74, 6) is 2.15. The summed E-state index contributed by atoms with van der Waals surface area (Å²) < 4.78 is 10.5. The van der Waals surface area contributed by atoms with Gasteiger partial charge in [0.05, 0.1) is 19.7 Å². The molecule has 1 fully saturated rings. The lowest BCUT2D eigenvalue weighted by Crippen LogP contribution is -2.39. The van der Waals surface area contributed by atoms with Crippen LogP contribution >= 0.6 is 0 Å². The highest BCUT2D eigenvalue weighted by Gasteiger charge is 2.27. The van der Waals surface area contributed by atoms with E-state index in [1.807, 2.05) is 29.2 Å². The Morgan fingerprint density at radius 3 is 2.68 bits per heavy atom. The van der Waals surface area contributed by atoms with Gasteiger partial charge in [0, 0.05) is 31.4 Å². The number of hydrogen-bond acceptors (Lipinski definition) is 7. The number of aromatic nitrogens is 4. The van der Waals surface area contributed by atoms with Gasteiger partial charge in [-0.25, -0.2) is 4.98 Å². The number of nitrogens with zero attached hydrogens (tertiary/aromatic N) is 5. The molecule has 3 heterocycles. The molecule has 0 bridgehead atoms. The smallest absolute Gasteiger partial charge is 0.278 e. The summed E-state index contributed by atoms with van der Waals surface area (Å²) in [7, 11) is 1.63. The van der Waals surface area contributed by atoms with Gasteiger partial charge in [-0.05, 0) is 30.5 Å². The average molecular weight is 379 g/mol. The van der Waals surface area contributed by atoms with Gasteiger partial charge in [0.25, 0.3) is 5.89 Å². The Labute approximate surface area is 162 Å². The first-order chi connectivity index (χ1) is 13.7. The van der Waals surface area contributed by atoms with Gasteiger partial charge >= 0.3 is 0 Å². The van der Waals surface area contributed by atoms with E-state index >= 15 is 0 Å². The molecule has 2 aromatic heterocycles. The van der Waals surface area contributed by atoms with Crippen molar-refractivity contribution in [3.8, 4) is 17.3 Å². The Morgan fingerprint density at radius 2 is 2.00 bits per heavy atom. The van der Waals surface area contributed by atoms with Crippen molar-refractivity contribution in [1.82, 2.24) is 25.0 Å². The minimum Gasteiger partial charge on any atom is -0.497 e. The first kappa shape index (κ1) is 18.1. The molecule has 1 aromatic carbocycles. The number of methoxy groups -OCH3 is 1. The van der Waals surface area contributed by atoms with Crippen LogP contribution in [0, 0.1) is 0 Å². The van der Waals surface area contributed by atoms with Gasteiger partial charge in [-0.1, -0.05) is 17.3 Å². The minimum atomic E-state index is 0.136. The predicted molar refractivity (Wildman–Crippen MR) is 101 cm³/mol. The molecule has 0 atom stereocenters. The van der Waals surface area contributed by atoms with Crippen LogP contribution in [0.4, 0.5) is 0 Å². The lowest BCUT2D eigenvalue weighted by Gasteiger charge is -2.30. The molecule has 1 amide bonds. The normalized spacial score (nSPS) is 14.8. The molecule has 1 saturated heterocycles. The molecule has 0 radical (unpaired) electrons. The van der Waals surface area contributed by atoms with Crippen molar-refractivity contribution in [2.75, 3.05) is 20.2 Å². The maximum atomic E-state index is 12.6. The van der Waals surface area contributed by atoms with Crippen molar-refractivity contribution < 1.29 is 14.1 Å². The van der Waals surface area contributed by atoms with Crippen molar-refractivity contribution in [2.45, 2.75) is 25.2 Å². The zero-order valence-corrected chi connectivity index (χ0v) is 15.6. The predicted octanol–water partition coefficient (Wildman–Crippen LogP) is 2.48. The van der Waals surface area contributed by atoms with E-state index in [9.17, 15) is 4.79 Å².